The first-order valence-corrected chi connectivity index (χ1v) is 11.5. The van der Waals surface area contributed by atoms with Crippen LogP contribution in [0.5, 0.6) is 11.5 Å². The summed E-state index contributed by atoms with van der Waals surface area (Å²) < 4.78 is 12.6. The molecule has 0 saturated heterocycles. The van der Waals surface area contributed by atoms with Crippen LogP contribution in [0.25, 0.3) is 22.2 Å². The lowest BCUT2D eigenvalue weighted by Gasteiger charge is -2.16. The van der Waals surface area contributed by atoms with E-state index in [1.54, 1.807) is 23.1 Å². The molecule has 0 bridgehead atoms. The first kappa shape index (κ1) is 22.4. The minimum atomic E-state index is 0.338. The summed E-state index contributed by atoms with van der Waals surface area (Å²) in [5, 5.41) is 9.68. The van der Waals surface area contributed by atoms with Crippen molar-refractivity contribution in [1.82, 2.24) is 24.7 Å². The molecule has 1 N–H and O–H groups in total. The number of anilines is 1. The first-order chi connectivity index (χ1) is 15.4. The van der Waals surface area contributed by atoms with E-state index in [-0.39, 0.29) is 0 Å². The zero-order valence-electron chi connectivity index (χ0n) is 17.8. The molecule has 4 rings (SSSR count). The van der Waals surface area contributed by atoms with Gasteiger partial charge in [0, 0.05) is 48.6 Å². The fourth-order valence-corrected chi connectivity index (χ4v) is 4.27. The average molecular weight is 491 g/mol. The number of halogens is 2. The Morgan fingerprint density at radius 3 is 2.38 bits per heavy atom. The molecular weight excluding hydrogens is 471 g/mol. The van der Waals surface area contributed by atoms with E-state index in [4.69, 9.17) is 37.7 Å². The number of nitrogens with zero attached hydrogens (tertiary/aromatic N) is 5. The smallest absolute Gasteiger partial charge is 0.187 e. The van der Waals surface area contributed by atoms with Gasteiger partial charge in [0.1, 0.15) is 17.0 Å². The molecule has 0 aliphatic rings. The highest BCUT2D eigenvalue weighted by Crippen LogP contribution is 2.46. The highest BCUT2D eigenvalue weighted by molar-refractivity contribution is 7.98. The molecule has 0 radical (unpaired) electrons. The summed E-state index contributed by atoms with van der Waals surface area (Å²) >= 11 is 14.7. The maximum Gasteiger partial charge on any atom is 0.187 e. The second-order valence-electron chi connectivity index (χ2n) is 6.81. The minimum absolute atomic E-state index is 0.338. The summed E-state index contributed by atoms with van der Waals surface area (Å²) in [6, 6.07) is 3.49. The van der Waals surface area contributed by atoms with Crippen LogP contribution in [-0.4, -0.2) is 45.2 Å². The maximum absolute atomic E-state index is 6.63. The van der Waals surface area contributed by atoms with Crippen LogP contribution in [0.3, 0.4) is 0 Å². The molecule has 4 aromatic rings. The molecule has 11 heteroatoms. The van der Waals surface area contributed by atoms with Crippen molar-refractivity contribution >= 4 is 51.7 Å². The second kappa shape index (κ2) is 9.40. The predicted octanol–water partition coefficient (Wildman–Crippen LogP) is 5.08. The van der Waals surface area contributed by atoms with Gasteiger partial charge < -0.3 is 14.8 Å². The SMILES string of the molecule is COc1cc(OC)c(Cl)c(-c2cc3cnc(SC)nc3c(NCc3cnn(C)c3)n2)c1Cl. The van der Waals surface area contributed by atoms with Crippen LogP contribution in [0.1, 0.15) is 5.56 Å². The third-order valence-electron chi connectivity index (χ3n) is 4.77. The number of aryl methyl sites for hydroxylation is 1. The highest BCUT2D eigenvalue weighted by atomic mass is 35.5. The Morgan fingerprint density at radius 1 is 1.06 bits per heavy atom. The topological polar surface area (TPSA) is 87.0 Å². The molecule has 0 spiro atoms. The Hall–Kier alpha value is -2.75. The van der Waals surface area contributed by atoms with Gasteiger partial charge in [-0.3, -0.25) is 4.68 Å². The number of ether oxygens (including phenoxy) is 2. The molecule has 0 unspecified atom stereocenters. The quantitative estimate of drug-likeness (QED) is 0.283. The summed E-state index contributed by atoms with van der Waals surface area (Å²) in [7, 11) is 4.94. The minimum Gasteiger partial charge on any atom is -0.495 e. The van der Waals surface area contributed by atoms with Gasteiger partial charge in [0.15, 0.2) is 11.0 Å². The largest absolute Gasteiger partial charge is 0.495 e. The summed E-state index contributed by atoms with van der Waals surface area (Å²) in [6.07, 6.45) is 7.41. The van der Waals surface area contributed by atoms with E-state index >= 15 is 0 Å². The van der Waals surface area contributed by atoms with Crippen molar-refractivity contribution in [2.24, 2.45) is 7.05 Å². The maximum atomic E-state index is 6.63. The Balaban J connectivity index is 1.89. The number of hydrogen-bond acceptors (Lipinski definition) is 8. The van der Waals surface area contributed by atoms with E-state index in [0.717, 1.165) is 10.9 Å². The summed E-state index contributed by atoms with van der Waals surface area (Å²) in [4.78, 5) is 13.9. The van der Waals surface area contributed by atoms with E-state index in [1.807, 2.05) is 25.6 Å². The van der Waals surface area contributed by atoms with Crippen LogP contribution >= 0.6 is 35.0 Å². The van der Waals surface area contributed by atoms with E-state index in [9.17, 15) is 0 Å². The number of benzene rings is 1. The van der Waals surface area contributed by atoms with Crippen molar-refractivity contribution in [3.05, 3.63) is 46.3 Å². The van der Waals surface area contributed by atoms with Crippen molar-refractivity contribution in [1.29, 1.82) is 0 Å². The molecule has 3 heterocycles. The van der Waals surface area contributed by atoms with Gasteiger partial charge in [0.25, 0.3) is 0 Å². The van der Waals surface area contributed by atoms with Crippen molar-refractivity contribution in [2.75, 3.05) is 25.8 Å². The van der Waals surface area contributed by atoms with E-state index in [1.165, 1.54) is 26.0 Å². The monoisotopic (exact) mass is 490 g/mol. The molecule has 0 amide bonds. The standard InChI is InChI=1S/C21H20Cl2N6O2S/c1-29-10-11(8-26-29)7-24-20-19-12(9-25-21(28-19)32-4)5-13(27-20)16-17(22)14(30-2)6-15(31-3)18(16)23/h5-6,8-10H,7H2,1-4H3,(H,24,27). The number of fused-ring (bicyclic) bond motifs is 1. The predicted molar refractivity (Wildman–Crippen MR) is 128 cm³/mol. The fraction of sp³-hybridized carbons (Fsp3) is 0.238. The third-order valence-corrected chi connectivity index (χ3v) is 6.09. The van der Waals surface area contributed by atoms with Crippen LogP contribution in [0.2, 0.25) is 10.0 Å². The lowest BCUT2D eigenvalue weighted by Crippen LogP contribution is -2.04. The number of nitrogens with one attached hydrogen (secondary N) is 1. The van der Waals surface area contributed by atoms with Gasteiger partial charge in [-0.25, -0.2) is 15.0 Å². The number of pyridine rings is 1. The molecular formula is C21H20Cl2N6O2S. The molecule has 32 heavy (non-hydrogen) atoms. The van der Waals surface area contributed by atoms with Crippen molar-refractivity contribution < 1.29 is 9.47 Å². The van der Waals surface area contributed by atoms with Gasteiger partial charge >= 0.3 is 0 Å². The molecule has 0 saturated carbocycles. The number of aromatic nitrogens is 5. The fourth-order valence-electron chi connectivity index (χ4n) is 3.23. The summed E-state index contributed by atoms with van der Waals surface area (Å²) in [5.41, 5.74) is 2.74. The Morgan fingerprint density at radius 2 is 1.78 bits per heavy atom. The van der Waals surface area contributed by atoms with E-state index in [2.05, 4.69) is 20.4 Å². The van der Waals surface area contributed by atoms with Gasteiger partial charge in [-0.1, -0.05) is 35.0 Å². The second-order valence-corrected chi connectivity index (χ2v) is 8.34. The Labute approximate surface area is 199 Å². The molecule has 0 atom stereocenters. The lowest BCUT2D eigenvalue weighted by atomic mass is 10.1. The van der Waals surface area contributed by atoms with Gasteiger partial charge in [0.05, 0.1) is 36.2 Å². The van der Waals surface area contributed by atoms with Crippen LogP contribution < -0.4 is 14.8 Å². The van der Waals surface area contributed by atoms with E-state index in [0.29, 0.717) is 55.8 Å². The van der Waals surface area contributed by atoms with E-state index < -0.39 is 0 Å². The average Bonchev–Trinajstić information content (AvgIpc) is 3.22. The molecule has 166 valence electrons. The normalized spacial score (nSPS) is 11.1. The molecule has 3 aromatic heterocycles. The van der Waals surface area contributed by atoms with Gasteiger partial charge in [-0.15, -0.1) is 0 Å². The summed E-state index contributed by atoms with van der Waals surface area (Å²) in [5.74, 6) is 1.44. The van der Waals surface area contributed by atoms with Gasteiger partial charge in [0.2, 0.25) is 0 Å². The highest BCUT2D eigenvalue weighted by Gasteiger charge is 2.21. The van der Waals surface area contributed by atoms with Crippen molar-refractivity contribution in [2.45, 2.75) is 11.7 Å². The van der Waals surface area contributed by atoms with Crippen LogP contribution in [0.4, 0.5) is 5.82 Å². The molecule has 0 aliphatic heterocycles. The zero-order chi connectivity index (χ0) is 22.8. The van der Waals surface area contributed by atoms with Crippen LogP contribution in [0, 0.1) is 0 Å². The lowest BCUT2D eigenvalue weighted by molar-refractivity contribution is 0.395. The number of thioether (sulfide) groups is 1. The van der Waals surface area contributed by atoms with Crippen molar-refractivity contribution in [3.8, 4) is 22.8 Å². The number of hydrogen-bond donors (Lipinski definition) is 1. The van der Waals surface area contributed by atoms with Crippen molar-refractivity contribution in [3.63, 3.8) is 0 Å². The number of rotatable bonds is 7. The summed E-state index contributed by atoms with van der Waals surface area (Å²) in [6.45, 7) is 0.515. The molecule has 0 aliphatic carbocycles. The Kier molecular flexibility index (Phi) is 6.59. The first-order valence-electron chi connectivity index (χ1n) is 9.48. The molecule has 0 fully saturated rings. The molecule has 1 aromatic carbocycles. The number of methoxy groups -OCH3 is 2. The van der Waals surface area contributed by atoms with Crippen LogP contribution in [-0.2, 0) is 13.6 Å². The molecule has 8 nitrogen and oxygen atoms in total. The van der Waals surface area contributed by atoms with Crippen LogP contribution in [0.15, 0.2) is 35.9 Å². The van der Waals surface area contributed by atoms with Gasteiger partial charge in [-0.2, -0.15) is 5.10 Å². The Bertz CT molecular complexity index is 1270. The third kappa shape index (κ3) is 4.28. The van der Waals surface area contributed by atoms with Gasteiger partial charge in [-0.05, 0) is 12.3 Å². The zero-order valence-corrected chi connectivity index (χ0v) is 20.1.